The largest absolute Gasteiger partial charge is 0.273 e. The van der Waals surface area contributed by atoms with Gasteiger partial charge in [0.1, 0.15) is 0 Å². The van der Waals surface area contributed by atoms with Gasteiger partial charge in [0.25, 0.3) is 0 Å². The Kier molecular flexibility index (Phi) is 9.38. The first-order valence-electron chi connectivity index (χ1n) is 8.15. The van der Waals surface area contributed by atoms with Crippen LogP contribution in [0.5, 0.6) is 0 Å². The Morgan fingerprint density at radius 3 is 2.53 bits per heavy atom. The Morgan fingerprint density at radius 2 is 1.79 bits per heavy atom. The van der Waals surface area contributed by atoms with E-state index >= 15 is 0 Å². The van der Waals surface area contributed by atoms with Crippen LogP contribution in [0.1, 0.15) is 84.0 Å². The molecule has 0 aromatic rings. The Labute approximate surface area is 118 Å². The fraction of sp³-hybridized carbons (Fsp3) is 0.875. The Bertz CT molecular complexity index is 257. The highest BCUT2D eigenvalue weighted by atomic mass is 16.2. The van der Waals surface area contributed by atoms with Gasteiger partial charge in [0, 0.05) is 12.6 Å². The second-order valence-corrected chi connectivity index (χ2v) is 5.73. The zero-order valence-electron chi connectivity index (χ0n) is 12.5. The summed E-state index contributed by atoms with van der Waals surface area (Å²) in [6, 6.07) is 0. The maximum absolute atomic E-state index is 11.5. The predicted molar refractivity (Wildman–Crippen MR) is 81.2 cm³/mol. The molecule has 0 aromatic heterocycles. The van der Waals surface area contributed by atoms with Crippen LogP contribution in [0.3, 0.4) is 0 Å². The molecule has 0 unspecified atom stereocenters. The monoisotopic (exact) mass is 266 g/mol. The highest BCUT2D eigenvalue weighted by Gasteiger charge is 2.10. The maximum Gasteiger partial charge on any atom is 0.240 e. The zero-order chi connectivity index (χ0) is 13.8. The fourth-order valence-corrected chi connectivity index (χ4v) is 2.62. The molecule has 110 valence electrons. The molecule has 1 N–H and O–H groups in total. The summed E-state index contributed by atoms with van der Waals surface area (Å²) in [4.78, 5) is 11.5. The first-order chi connectivity index (χ1) is 9.33. The third-order valence-corrected chi connectivity index (χ3v) is 3.88. The SMILES string of the molecule is CCCCCCCCC(=O)NN=CC1CCCCC1. The summed E-state index contributed by atoms with van der Waals surface area (Å²) in [5, 5.41) is 4.10. The molecule has 1 rings (SSSR count). The second-order valence-electron chi connectivity index (χ2n) is 5.73. The van der Waals surface area contributed by atoms with Gasteiger partial charge in [-0.1, -0.05) is 58.3 Å². The van der Waals surface area contributed by atoms with Crippen molar-refractivity contribution in [2.45, 2.75) is 84.0 Å². The normalized spacial score (nSPS) is 16.9. The third kappa shape index (κ3) is 8.79. The smallest absolute Gasteiger partial charge is 0.240 e. The summed E-state index contributed by atoms with van der Waals surface area (Å²) in [6.07, 6.45) is 16.3. The van der Waals surface area contributed by atoms with E-state index in [1.165, 1.54) is 64.2 Å². The van der Waals surface area contributed by atoms with Crippen molar-refractivity contribution in [3.63, 3.8) is 0 Å². The van der Waals surface area contributed by atoms with Crippen molar-refractivity contribution in [2.24, 2.45) is 11.0 Å². The standard InChI is InChI=1S/C16H30N2O/c1-2-3-4-5-6-10-13-16(19)18-17-14-15-11-8-7-9-12-15/h14-15H,2-13H2,1H3,(H,18,19). The lowest BCUT2D eigenvalue weighted by atomic mass is 9.90. The van der Waals surface area contributed by atoms with Crippen molar-refractivity contribution in [3.8, 4) is 0 Å². The highest BCUT2D eigenvalue weighted by Crippen LogP contribution is 2.21. The molecular weight excluding hydrogens is 236 g/mol. The van der Waals surface area contributed by atoms with Crippen molar-refractivity contribution in [1.29, 1.82) is 0 Å². The molecule has 1 saturated carbocycles. The van der Waals surface area contributed by atoms with Crippen LogP contribution in [0.15, 0.2) is 5.10 Å². The maximum atomic E-state index is 11.5. The molecule has 0 bridgehead atoms. The van der Waals surface area contributed by atoms with Gasteiger partial charge >= 0.3 is 0 Å². The predicted octanol–water partition coefficient (Wildman–Crippen LogP) is 4.42. The zero-order valence-corrected chi connectivity index (χ0v) is 12.5. The lowest BCUT2D eigenvalue weighted by Gasteiger charge is -2.16. The van der Waals surface area contributed by atoms with Gasteiger partial charge in [0.2, 0.25) is 5.91 Å². The van der Waals surface area contributed by atoms with Crippen molar-refractivity contribution < 1.29 is 4.79 Å². The van der Waals surface area contributed by atoms with Gasteiger partial charge in [0.15, 0.2) is 0 Å². The molecule has 0 atom stereocenters. The minimum atomic E-state index is 0.0718. The minimum Gasteiger partial charge on any atom is -0.273 e. The molecule has 0 radical (unpaired) electrons. The van der Waals surface area contributed by atoms with Gasteiger partial charge in [-0.3, -0.25) is 4.79 Å². The Balaban J connectivity index is 1.96. The van der Waals surface area contributed by atoms with Crippen LogP contribution in [0.4, 0.5) is 0 Å². The van der Waals surface area contributed by atoms with Crippen LogP contribution in [0.25, 0.3) is 0 Å². The van der Waals surface area contributed by atoms with E-state index in [2.05, 4.69) is 17.5 Å². The molecule has 3 heteroatoms. The number of rotatable bonds is 9. The van der Waals surface area contributed by atoms with E-state index in [9.17, 15) is 4.79 Å². The van der Waals surface area contributed by atoms with E-state index in [1.807, 2.05) is 6.21 Å². The molecule has 1 amide bonds. The number of carbonyl (C=O) groups excluding carboxylic acids is 1. The van der Waals surface area contributed by atoms with Crippen LogP contribution >= 0.6 is 0 Å². The van der Waals surface area contributed by atoms with E-state index < -0.39 is 0 Å². The molecule has 0 aromatic carbocycles. The number of hydrazone groups is 1. The summed E-state index contributed by atoms with van der Waals surface area (Å²) in [7, 11) is 0. The lowest BCUT2D eigenvalue weighted by Crippen LogP contribution is -2.18. The van der Waals surface area contributed by atoms with Gasteiger partial charge in [-0.05, 0) is 25.2 Å². The lowest BCUT2D eigenvalue weighted by molar-refractivity contribution is -0.121. The van der Waals surface area contributed by atoms with Gasteiger partial charge < -0.3 is 0 Å². The van der Waals surface area contributed by atoms with Gasteiger partial charge in [0.05, 0.1) is 0 Å². The number of carbonyl (C=O) groups is 1. The van der Waals surface area contributed by atoms with Crippen molar-refractivity contribution in [2.75, 3.05) is 0 Å². The van der Waals surface area contributed by atoms with Crippen molar-refractivity contribution >= 4 is 12.1 Å². The van der Waals surface area contributed by atoms with Gasteiger partial charge in [-0.25, -0.2) is 5.43 Å². The van der Waals surface area contributed by atoms with E-state index in [0.717, 1.165) is 6.42 Å². The molecule has 0 spiro atoms. The topological polar surface area (TPSA) is 41.5 Å². The summed E-state index contributed by atoms with van der Waals surface area (Å²) >= 11 is 0. The number of nitrogens with one attached hydrogen (secondary N) is 1. The second kappa shape index (κ2) is 11.0. The molecule has 0 heterocycles. The highest BCUT2D eigenvalue weighted by molar-refractivity contribution is 5.76. The van der Waals surface area contributed by atoms with Crippen LogP contribution in [0.2, 0.25) is 0 Å². The summed E-state index contributed by atoms with van der Waals surface area (Å²) in [5.74, 6) is 0.658. The molecular formula is C16H30N2O. The first-order valence-corrected chi connectivity index (χ1v) is 8.15. The van der Waals surface area contributed by atoms with Gasteiger partial charge in [-0.2, -0.15) is 5.10 Å². The van der Waals surface area contributed by atoms with E-state index in [0.29, 0.717) is 12.3 Å². The van der Waals surface area contributed by atoms with Gasteiger partial charge in [-0.15, -0.1) is 0 Å². The van der Waals surface area contributed by atoms with E-state index in [-0.39, 0.29) is 5.91 Å². The van der Waals surface area contributed by atoms with Crippen molar-refractivity contribution in [1.82, 2.24) is 5.43 Å². The van der Waals surface area contributed by atoms with Crippen LogP contribution in [0, 0.1) is 5.92 Å². The summed E-state index contributed by atoms with van der Waals surface area (Å²) < 4.78 is 0. The minimum absolute atomic E-state index is 0.0718. The van der Waals surface area contributed by atoms with Crippen LogP contribution in [-0.2, 0) is 4.79 Å². The Hall–Kier alpha value is -0.860. The molecule has 1 fully saturated rings. The molecule has 19 heavy (non-hydrogen) atoms. The Morgan fingerprint density at radius 1 is 1.11 bits per heavy atom. The third-order valence-electron chi connectivity index (χ3n) is 3.88. The number of hydrogen-bond donors (Lipinski definition) is 1. The summed E-state index contributed by atoms with van der Waals surface area (Å²) in [6.45, 7) is 2.22. The van der Waals surface area contributed by atoms with Crippen molar-refractivity contribution in [3.05, 3.63) is 0 Å². The molecule has 1 aliphatic carbocycles. The first kappa shape index (κ1) is 16.2. The molecule has 0 saturated heterocycles. The average molecular weight is 266 g/mol. The van der Waals surface area contributed by atoms with E-state index in [4.69, 9.17) is 0 Å². The quantitative estimate of drug-likeness (QED) is 0.374. The fourth-order valence-electron chi connectivity index (χ4n) is 2.62. The van der Waals surface area contributed by atoms with Crippen LogP contribution < -0.4 is 5.43 Å². The number of hydrogen-bond acceptors (Lipinski definition) is 2. The molecule has 0 aliphatic heterocycles. The van der Waals surface area contributed by atoms with E-state index in [1.54, 1.807) is 0 Å². The molecule has 3 nitrogen and oxygen atoms in total. The summed E-state index contributed by atoms with van der Waals surface area (Å²) in [5.41, 5.74) is 2.66. The van der Waals surface area contributed by atoms with Crippen LogP contribution in [-0.4, -0.2) is 12.1 Å². The number of unbranched alkanes of at least 4 members (excludes halogenated alkanes) is 5. The number of nitrogens with zero attached hydrogens (tertiary/aromatic N) is 1. The molecule has 1 aliphatic rings. The average Bonchev–Trinajstić information content (AvgIpc) is 2.44. The number of amides is 1.